The monoisotopic (exact) mass is 357 g/mol. The number of aromatic nitrogens is 1. The third-order valence-corrected chi connectivity index (χ3v) is 3.99. The minimum atomic E-state index is -1.05. The van der Waals surface area contributed by atoms with E-state index in [1.807, 2.05) is 0 Å². The number of anilines is 1. The smallest absolute Gasteiger partial charge is 0.366 e. The number of nitrogens with zero attached hydrogens (tertiary/aromatic N) is 3. The number of carboxylic acids is 1. The summed E-state index contributed by atoms with van der Waals surface area (Å²) in [6.07, 6.45) is -0.270. The Kier molecular flexibility index (Phi) is 4.53. The van der Waals surface area contributed by atoms with Gasteiger partial charge in [0.05, 0.1) is 12.1 Å². The lowest BCUT2D eigenvalue weighted by molar-refractivity contribution is -0.389. The molecule has 0 bridgehead atoms. The third kappa shape index (κ3) is 3.18. The van der Waals surface area contributed by atoms with Crippen LogP contribution in [0.15, 0.2) is 36.4 Å². The molecule has 1 N–H and O–H groups in total. The average molecular weight is 357 g/mol. The van der Waals surface area contributed by atoms with Gasteiger partial charge in [0.15, 0.2) is 11.9 Å². The van der Waals surface area contributed by atoms with E-state index in [1.54, 1.807) is 19.1 Å². The van der Waals surface area contributed by atoms with Gasteiger partial charge in [0, 0.05) is 6.07 Å². The van der Waals surface area contributed by atoms with E-state index in [1.165, 1.54) is 29.2 Å². The summed E-state index contributed by atoms with van der Waals surface area (Å²) in [4.78, 5) is 39.3. The summed E-state index contributed by atoms with van der Waals surface area (Å²) < 4.78 is 5.59. The fraction of sp³-hybridized carbons (Fsp3) is 0.235. The molecule has 2 aromatic rings. The minimum Gasteiger partial charge on any atom is -0.478 e. The normalized spacial score (nSPS) is 16.0. The zero-order valence-electron chi connectivity index (χ0n) is 13.8. The maximum absolute atomic E-state index is 12.7. The van der Waals surface area contributed by atoms with Crippen LogP contribution in [0.1, 0.15) is 29.3 Å². The molecule has 1 aromatic carbocycles. The quantitative estimate of drug-likeness (QED) is 0.643. The van der Waals surface area contributed by atoms with Crippen molar-refractivity contribution in [1.29, 1.82) is 0 Å². The maximum atomic E-state index is 12.7. The number of hydrogen-bond acceptors (Lipinski definition) is 6. The summed E-state index contributed by atoms with van der Waals surface area (Å²) in [5.41, 5.74) is 0.794. The van der Waals surface area contributed by atoms with Crippen molar-refractivity contribution in [1.82, 2.24) is 4.98 Å². The van der Waals surface area contributed by atoms with Crippen molar-refractivity contribution < 1.29 is 24.4 Å². The topological polar surface area (TPSA) is 123 Å². The number of ether oxygens (including phenoxy) is 1. The van der Waals surface area contributed by atoms with Crippen molar-refractivity contribution in [3.8, 4) is 5.75 Å². The van der Waals surface area contributed by atoms with Crippen LogP contribution in [0.3, 0.4) is 0 Å². The van der Waals surface area contributed by atoms with Crippen LogP contribution < -0.4 is 9.64 Å². The summed E-state index contributed by atoms with van der Waals surface area (Å²) in [5.74, 6) is -1.41. The zero-order valence-corrected chi connectivity index (χ0v) is 13.8. The van der Waals surface area contributed by atoms with Gasteiger partial charge in [0.1, 0.15) is 0 Å². The van der Waals surface area contributed by atoms with E-state index in [4.69, 9.17) is 9.84 Å². The van der Waals surface area contributed by atoms with Crippen LogP contribution in [0.25, 0.3) is 0 Å². The van der Waals surface area contributed by atoms with Gasteiger partial charge in [0.25, 0.3) is 11.7 Å². The molecule has 9 nitrogen and oxygen atoms in total. The number of fused-ring (bicyclic) bond motifs is 1. The first kappa shape index (κ1) is 17.3. The van der Waals surface area contributed by atoms with Gasteiger partial charge in [-0.25, -0.2) is 4.79 Å². The summed E-state index contributed by atoms with van der Waals surface area (Å²) in [6.45, 7) is 1.89. The van der Waals surface area contributed by atoms with Gasteiger partial charge >= 0.3 is 11.8 Å². The predicted octanol–water partition coefficient (Wildman–Crippen LogP) is 2.39. The van der Waals surface area contributed by atoms with Crippen LogP contribution in [0.5, 0.6) is 5.75 Å². The number of carboxylic acid groups (broad SMARTS) is 1. The van der Waals surface area contributed by atoms with Crippen LogP contribution in [0.2, 0.25) is 0 Å². The molecule has 1 atom stereocenters. The lowest BCUT2D eigenvalue weighted by Crippen LogP contribution is -2.45. The Morgan fingerprint density at radius 3 is 2.58 bits per heavy atom. The lowest BCUT2D eigenvalue weighted by atomic mass is 10.1. The molecule has 0 fully saturated rings. The Bertz CT molecular complexity index is 881. The van der Waals surface area contributed by atoms with Crippen molar-refractivity contribution in [2.75, 3.05) is 4.90 Å². The Balaban J connectivity index is 1.98. The lowest BCUT2D eigenvalue weighted by Gasteiger charge is -2.30. The van der Waals surface area contributed by atoms with E-state index in [0.29, 0.717) is 17.7 Å². The van der Waals surface area contributed by atoms with Gasteiger partial charge in [-0.2, -0.15) is 0 Å². The highest BCUT2D eigenvalue weighted by molar-refractivity contribution is 5.99. The predicted molar refractivity (Wildman–Crippen MR) is 90.2 cm³/mol. The van der Waals surface area contributed by atoms with Gasteiger partial charge in [-0.05, 0) is 40.1 Å². The molecule has 0 aliphatic carbocycles. The number of nitro groups is 1. The van der Waals surface area contributed by atoms with Crippen molar-refractivity contribution in [3.05, 3.63) is 57.6 Å². The first-order valence-electron chi connectivity index (χ1n) is 7.86. The van der Waals surface area contributed by atoms with Crippen LogP contribution in [0.4, 0.5) is 11.6 Å². The second kappa shape index (κ2) is 6.79. The SMILES string of the molecule is CCC1Oc2ccc([N+](=O)[O-])nc2N(Cc2ccc(C(=O)O)cc2)C1=O. The van der Waals surface area contributed by atoms with Gasteiger partial charge in [-0.1, -0.05) is 19.1 Å². The summed E-state index contributed by atoms with van der Waals surface area (Å²) >= 11 is 0. The van der Waals surface area contributed by atoms with Crippen molar-refractivity contribution in [2.24, 2.45) is 0 Å². The molecule has 1 amide bonds. The van der Waals surface area contributed by atoms with Crippen LogP contribution in [-0.2, 0) is 11.3 Å². The highest BCUT2D eigenvalue weighted by Gasteiger charge is 2.38. The number of rotatable bonds is 5. The first-order chi connectivity index (χ1) is 12.4. The number of aromatic carboxylic acids is 1. The molecular formula is C17H15N3O6. The van der Waals surface area contributed by atoms with E-state index in [2.05, 4.69) is 4.98 Å². The van der Waals surface area contributed by atoms with Gasteiger partial charge in [-0.3, -0.25) is 9.69 Å². The Morgan fingerprint density at radius 1 is 1.31 bits per heavy atom. The number of carbonyl (C=O) groups is 2. The second-order valence-electron chi connectivity index (χ2n) is 5.69. The summed E-state index contributed by atoms with van der Waals surface area (Å²) in [7, 11) is 0. The fourth-order valence-electron chi connectivity index (χ4n) is 2.64. The molecule has 0 radical (unpaired) electrons. The van der Waals surface area contributed by atoms with Crippen molar-refractivity contribution >= 4 is 23.5 Å². The molecule has 134 valence electrons. The zero-order chi connectivity index (χ0) is 18.8. The molecule has 1 aromatic heterocycles. The highest BCUT2D eigenvalue weighted by Crippen LogP contribution is 2.35. The number of amides is 1. The van der Waals surface area contributed by atoms with Gasteiger partial charge < -0.3 is 20.0 Å². The van der Waals surface area contributed by atoms with Crippen LogP contribution in [0, 0.1) is 10.1 Å². The van der Waals surface area contributed by atoms with E-state index in [0.717, 1.165) is 0 Å². The molecule has 2 heterocycles. The number of hydrogen-bond donors (Lipinski definition) is 1. The van der Waals surface area contributed by atoms with E-state index in [-0.39, 0.29) is 29.7 Å². The fourth-order valence-corrected chi connectivity index (χ4v) is 2.64. The molecular weight excluding hydrogens is 342 g/mol. The summed E-state index contributed by atoms with van der Waals surface area (Å²) in [6, 6.07) is 8.69. The van der Waals surface area contributed by atoms with E-state index in [9.17, 15) is 19.7 Å². The van der Waals surface area contributed by atoms with Crippen LogP contribution in [-0.4, -0.2) is 33.0 Å². The Labute approximate surface area is 148 Å². The number of pyridine rings is 1. The van der Waals surface area contributed by atoms with Crippen LogP contribution >= 0.6 is 0 Å². The first-order valence-corrected chi connectivity index (χ1v) is 7.86. The number of benzene rings is 1. The molecule has 1 aliphatic heterocycles. The second-order valence-corrected chi connectivity index (χ2v) is 5.69. The molecule has 1 aliphatic rings. The summed E-state index contributed by atoms with van der Waals surface area (Å²) in [5, 5.41) is 20.0. The molecule has 1 unspecified atom stereocenters. The van der Waals surface area contributed by atoms with Crippen molar-refractivity contribution in [2.45, 2.75) is 26.0 Å². The van der Waals surface area contributed by atoms with E-state index >= 15 is 0 Å². The standard InChI is InChI=1S/C17H15N3O6/c1-2-12-16(21)19(9-10-3-5-11(6-4-10)17(22)23)15-13(26-12)7-8-14(18-15)20(24)25/h3-8,12H,2,9H2,1H3,(H,22,23). The minimum absolute atomic E-state index is 0.0798. The van der Waals surface area contributed by atoms with Gasteiger partial charge in [-0.15, -0.1) is 0 Å². The molecule has 3 rings (SSSR count). The van der Waals surface area contributed by atoms with E-state index < -0.39 is 17.0 Å². The Morgan fingerprint density at radius 2 is 2.00 bits per heavy atom. The molecule has 0 spiro atoms. The van der Waals surface area contributed by atoms with Crippen molar-refractivity contribution in [3.63, 3.8) is 0 Å². The number of carbonyl (C=O) groups excluding carboxylic acids is 1. The molecule has 26 heavy (non-hydrogen) atoms. The largest absolute Gasteiger partial charge is 0.478 e. The molecule has 0 saturated heterocycles. The average Bonchev–Trinajstić information content (AvgIpc) is 2.63. The third-order valence-electron chi connectivity index (χ3n) is 3.99. The molecule has 0 saturated carbocycles. The Hall–Kier alpha value is -3.49. The van der Waals surface area contributed by atoms with Gasteiger partial charge in [0.2, 0.25) is 0 Å². The maximum Gasteiger partial charge on any atom is 0.366 e. The highest BCUT2D eigenvalue weighted by atomic mass is 16.6. The molecule has 9 heteroatoms.